The number of H-pyrrole nitrogens is 1. The van der Waals surface area contributed by atoms with Gasteiger partial charge in [0.05, 0.1) is 7.11 Å². The zero-order chi connectivity index (χ0) is 19.3. The van der Waals surface area contributed by atoms with Crippen molar-refractivity contribution in [1.82, 2.24) is 15.2 Å². The lowest BCUT2D eigenvalue weighted by atomic mass is 10.0. The Labute approximate surface area is 165 Å². The molecule has 5 heteroatoms. The molecular formula is C23H27N3O2. The lowest BCUT2D eigenvalue weighted by Crippen LogP contribution is -2.45. The number of nitrogens with one attached hydrogen (secondary N) is 2. The van der Waals surface area contributed by atoms with Gasteiger partial charge in [0.15, 0.2) is 0 Å². The van der Waals surface area contributed by atoms with E-state index in [0.29, 0.717) is 5.56 Å². The maximum atomic E-state index is 12.4. The van der Waals surface area contributed by atoms with Crippen molar-refractivity contribution >= 4 is 16.8 Å². The minimum absolute atomic E-state index is 0.0000966. The molecule has 146 valence electrons. The topological polar surface area (TPSA) is 57.4 Å². The Morgan fingerprint density at radius 2 is 1.89 bits per heavy atom. The number of likely N-dealkylation sites (tertiary alicyclic amines) is 1. The summed E-state index contributed by atoms with van der Waals surface area (Å²) in [6.07, 6.45) is 5.17. The predicted molar refractivity (Wildman–Crippen MR) is 112 cm³/mol. The van der Waals surface area contributed by atoms with Crippen LogP contribution in [0.5, 0.6) is 5.75 Å². The number of rotatable bonds is 6. The van der Waals surface area contributed by atoms with Gasteiger partial charge in [-0.1, -0.05) is 18.2 Å². The molecule has 0 unspecified atom stereocenters. The van der Waals surface area contributed by atoms with Crippen LogP contribution in [-0.2, 0) is 6.42 Å². The van der Waals surface area contributed by atoms with E-state index in [-0.39, 0.29) is 11.9 Å². The average molecular weight is 377 g/mol. The van der Waals surface area contributed by atoms with Crippen LogP contribution >= 0.6 is 0 Å². The van der Waals surface area contributed by atoms with Crippen LogP contribution in [0.1, 0.15) is 28.8 Å². The molecule has 4 rings (SSSR count). The van der Waals surface area contributed by atoms with Crippen LogP contribution in [-0.4, -0.2) is 48.6 Å². The summed E-state index contributed by atoms with van der Waals surface area (Å²) >= 11 is 0. The molecule has 0 aliphatic carbocycles. The van der Waals surface area contributed by atoms with Crippen LogP contribution < -0.4 is 10.1 Å². The smallest absolute Gasteiger partial charge is 0.251 e. The Hall–Kier alpha value is -2.79. The lowest BCUT2D eigenvalue weighted by Gasteiger charge is -2.32. The predicted octanol–water partition coefficient (Wildman–Crippen LogP) is 3.61. The van der Waals surface area contributed by atoms with Crippen LogP contribution in [0.3, 0.4) is 0 Å². The Balaban J connectivity index is 1.24. The Kier molecular flexibility index (Phi) is 5.63. The molecule has 0 saturated carbocycles. The van der Waals surface area contributed by atoms with Gasteiger partial charge in [-0.15, -0.1) is 0 Å². The summed E-state index contributed by atoms with van der Waals surface area (Å²) in [6.45, 7) is 3.10. The summed E-state index contributed by atoms with van der Waals surface area (Å²) < 4.78 is 5.14. The van der Waals surface area contributed by atoms with E-state index >= 15 is 0 Å². The van der Waals surface area contributed by atoms with E-state index in [1.54, 1.807) is 7.11 Å². The van der Waals surface area contributed by atoms with E-state index in [4.69, 9.17) is 4.74 Å². The number of hydrogen-bond acceptors (Lipinski definition) is 3. The molecule has 1 aliphatic rings. The molecule has 1 fully saturated rings. The standard InChI is InChI=1S/C23H27N3O2/c1-28-20-8-6-17(7-9-20)23(27)25-19-11-14-26(15-12-19)13-10-18-16-24-22-5-3-2-4-21(18)22/h2-9,16,19,24H,10-15H2,1H3,(H,25,27). The molecule has 1 aliphatic heterocycles. The highest BCUT2D eigenvalue weighted by Crippen LogP contribution is 2.19. The first-order valence-corrected chi connectivity index (χ1v) is 9.95. The highest BCUT2D eigenvalue weighted by atomic mass is 16.5. The molecule has 0 bridgehead atoms. The molecule has 1 amide bonds. The first-order valence-electron chi connectivity index (χ1n) is 9.95. The summed E-state index contributed by atoms with van der Waals surface area (Å²) in [5, 5.41) is 4.50. The Morgan fingerprint density at radius 3 is 2.64 bits per heavy atom. The molecule has 0 atom stereocenters. The van der Waals surface area contributed by atoms with Crippen molar-refractivity contribution in [3.8, 4) is 5.75 Å². The van der Waals surface area contributed by atoms with Crippen molar-refractivity contribution in [1.29, 1.82) is 0 Å². The Bertz CT molecular complexity index is 924. The van der Waals surface area contributed by atoms with Crippen molar-refractivity contribution in [3.63, 3.8) is 0 Å². The summed E-state index contributed by atoms with van der Waals surface area (Å²) in [6, 6.07) is 16.0. The van der Waals surface area contributed by atoms with Gasteiger partial charge in [0.1, 0.15) is 5.75 Å². The van der Waals surface area contributed by atoms with E-state index in [2.05, 4.69) is 45.7 Å². The van der Waals surface area contributed by atoms with Gasteiger partial charge >= 0.3 is 0 Å². The van der Waals surface area contributed by atoms with Crippen molar-refractivity contribution in [2.75, 3.05) is 26.7 Å². The van der Waals surface area contributed by atoms with Gasteiger partial charge in [-0.25, -0.2) is 0 Å². The minimum Gasteiger partial charge on any atom is -0.497 e. The van der Waals surface area contributed by atoms with Crippen LogP contribution in [0, 0.1) is 0 Å². The molecule has 3 aromatic rings. The summed E-state index contributed by atoms with van der Waals surface area (Å²) in [7, 11) is 1.63. The van der Waals surface area contributed by atoms with Crippen LogP contribution in [0.4, 0.5) is 0 Å². The molecular weight excluding hydrogens is 350 g/mol. The molecule has 1 aromatic heterocycles. The number of hydrogen-bond donors (Lipinski definition) is 2. The second-order valence-corrected chi connectivity index (χ2v) is 7.43. The summed E-state index contributed by atoms with van der Waals surface area (Å²) in [5.41, 5.74) is 3.27. The van der Waals surface area contributed by atoms with E-state index < -0.39 is 0 Å². The highest BCUT2D eigenvalue weighted by Gasteiger charge is 2.21. The summed E-state index contributed by atoms with van der Waals surface area (Å²) in [5.74, 6) is 0.764. The van der Waals surface area contributed by atoms with Gasteiger partial charge in [0.2, 0.25) is 0 Å². The van der Waals surface area contributed by atoms with Gasteiger partial charge in [-0.3, -0.25) is 4.79 Å². The fourth-order valence-corrected chi connectivity index (χ4v) is 3.93. The first-order chi connectivity index (χ1) is 13.7. The van der Waals surface area contributed by atoms with Gasteiger partial charge < -0.3 is 19.9 Å². The first kappa shape index (κ1) is 18.6. The van der Waals surface area contributed by atoms with Crippen LogP contribution in [0.15, 0.2) is 54.7 Å². The third-order valence-electron chi connectivity index (χ3n) is 5.65. The monoisotopic (exact) mass is 377 g/mol. The van der Waals surface area contributed by atoms with Crippen molar-refractivity contribution < 1.29 is 9.53 Å². The molecule has 2 aromatic carbocycles. The number of fused-ring (bicyclic) bond motifs is 1. The van der Waals surface area contributed by atoms with E-state index in [1.807, 2.05) is 24.3 Å². The lowest BCUT2D eigenvalue weighted by molar-refractivity contribution is 0.0911. The maximum absolute atomic E-state index is 12.4. The second kappa shape index (κ2) is 8.48. The number of benzene rings is 2. The molecule has 5 nitrogen and oxygen atoms in total. The number of amides is 1. The molecule has 28 heavy (non-hydrogen) atoms. The van der Waals surface area contributed by atoms with Gasteiger partial charge in [-0.05, 0) is 55.2 Å². The zero-order valence-electron chi connectivity index (χ0n) is 16.3. The van der Waals surface area contributed by atoms with Crippen LogP contribution in [0.25, 0.3) is 10.9 Å². The van der Waals surface area contributed by atoms with Gasteiger partial charge in [0, 0.05) is 48.3 Å². The second-order valence-electron chi connectivity index (χ2n) is 7.43. The quantitative estimate of drug-likeness (QED) is 0.690. The summed E-state index contributed by atoms with van der Waals surface area (Å²) in [4.78, 5) is 18.3. The number of para-hydroxylation sites is 1. The maximum Gasteiger partial charge on any atom is 0.251 e. The molecule has 0 spiro atoms. The third-order valence-corrected chi connectivity index (χ3v) is 5.65. The van der Waals surface area contributed by atoms with Crippen molar-refractivity contribution in [2.24, 2.45) is 0 Å². The number of ether oxygens (including phenoxy) is 1. The average Bonchev–Trinajstić information content (AvgIpc) is 3.16. The number of aromatic nitrogens is 1. The molecule has 1 saturated heterocycles. The fraction of sp³-hybridized carbons (Fsp3) is 0.348. The normalized spacial score (nSPS) is 15.6. The van der Waals surface area contributed by atoms with Gasteiger partial charge in [-0.2, -0.15) is 0 Å². The van der Waals surface area contributed by atoms with Crippen LogP contribution in [0.2, 0.25) is 0 Å². The van der Waals surface area contributed by atoms with Crippen molar-refractivity contribution in [2.45, 2.75) is 25.3 Å². The number of nitrogens with zero attached hydrogens (tertiary/aromatic N) is 1. The van der Waals surface area contributed by atoms with Crippen molar-refractivity contribution in [3.05, 3.63) is 65.9 Å². The van der Waals surface area contributed by atoms with Gasteiger partial charge in [0.25, 0.3) is 5.91 Å². The fourth-order valence-electron chi connectivity index (χ4n) is 3.93. The zero-order valence-corrected chi connectivity index (χ0v) is 16.3. The van der Waals surface area contributed by atoms with E-state index in [0.717, 1.165) is 44.6 Å². The number of carbonyl (C=O) groups is 1. The SMILES string of the molecule is COc1ccc(C(=O)NC2CCN(CCc3c[nH]c4ccccc34)CC2)cc1. The Morgan fingerprint density at radius 1 is 1.14 bits per heavy atom. The largest absolute Gasteiger partial charge is 0.497 e. The molecule has 2 N–H and O–H groups in total. The van der Waals surface area contributed by atoms with E-state index in [9.17, 15) is 4.79 Å². The highest BCUT2D eigenvalue weighted by molar-refractivity contribution is 5.94. The molecule has 0 radical (unpaired) electrons. The minimum atomic E-state index is -0.0000966. The third kappa shape index (κ3) is 4.20. The number of carbonyl (C=O) groups excluding carboxylic acids is 1. The van der Waals surface area contributed by atoms with E-state index in [1.165, 1.54) is 16.5 Å². The number of methoxy groups -OCH3 is 1. The molecule has 2 heterocycles. The number of piperidine rings is 1. The number of aromatic amines is 1.